The number of piperidine rings is 2. The van der Waals surface area contributed by atoms with Crippen molar-refractivity contribution < 1.29 is 14.3 Å². The van der Waals surface area contributed by atoms with E-state index in [0.717, 1.165) is 25.1 Å². The van der Waals surface area contributed by atoms with Crippen LogP contribution >= 0.6 is 0 Å². The Kier molecular flexibility index (Phi) is 7.03. The molecule has 5 rings (SSSR count). The lowest BCUT2D eigenvalue weighted by Crippen LogP contribution is -2.54. The highest BCUT2D eigenvalue weighted by atomic mass is 16.5. The van der Waals surface area contributed by atoms with Gasteiger partial charge in [-0.1, -0.05) is 36.9 Å². The number of nitriles is 1. The van der Waals surface area contributed by atoms with Crippen molar-refractivity contribution in [1.82, 2.24) is 20.4 Å². The van der Waals surface area contributed by atoms with Crippen LogP contribution in [0.2, 0.25) is 0 Å². The summed E-state index contributed by atoms with van der Waals surface area (Å²) in [5, 5.41) is 15.6. The molecule has 0 aromatic heterocycles. The van der Waals surface area contributed by atoms with Crippen molar-refractivity contribution in [1.29, 1.82) is 5.26 Å². The average molecular weight is 486 g/mol. The molecular weight excluding hydrogens is 454 g/mol. The van der Waals surface area contributed by atoms with Gasteiger partial charge >= 0.3 is 0 Å². The molecule has 2 aromatic rings. The lowest BCUT2D eigenvalue weighted by molar-refractivity contribution is -0.126. The van der Waals surface area contributed by atoms with Gasteiger partial charge in [-0.3, -0.25) is 14.5 Å². The van der Waals surface area contributed by atoms with Gasteiger partial charge in [-0.05, 0) is 48.6 Å². The number of nitrogens with one attached hydrogen (secondary N) is 2. The molecule has 186 valence electrons. The number of nitrogens with zero attached hydrogens (tertiary/aromatic N) is 3. The van der Waals surface area contributed by atoms with Crippen LogP contribution in [0.4, 0.5) is 0 Å². The van der Waals surface area contributed by atoms with Crippen molar-refractivity contribution in [3.63, 3.8) is 0 Å². The highest BCUT2D eigenvalue weighted by Gasteiger charge is 2.38. The van der Waals surface area contributed by atoms with Crippen LogP contribution in [-0.2, 0) is 17.9 Å². The van der Waals surface area contributed by atoms with Crippen molar-refractivity contribution in [2.75, 3.05) is 19.6 Å². The summed E-state index contributed by atoms with van der Waals surface area (Å²) in [5.74, 6) is 0.403. The van der Waals surface area contributed by atoms with Crippen molar-refractivity contribution in [2.45, 2.75) is 50.5 Å². The highest BCUT2D eigenvalue weighted by Crippen LogP contribution is 2.31. The van der Waals surface area contributed by atoms with Crippen LogP contribution in [0.25, 0.3) is 0 Å². The van der Waals surface area contributed by atoms with Crippen LogP contribution in [-0.4, -0.2) is 59.4 Å². The van der Waals surface area contributed by atoms with Crippen molar-refractivity contribution in [2.24, 2.45) is 0 Å². The summed E-state index contributed by atoms with van der Waals surface area (Å²) in [7, 11) is 0. The number of benzene rings is 2. The second-order valence-corrected chi connectivity index (χ2v) is 9.71. The van der Waals surface area contributed by atoms with Gasteiger partial charge in [-0.15, -0.1) is 0 Å². The normalized spacial score (nSPS) is 24.2. The molecule has 2 aromatic carbocycles. The van der Waals surface area contributed by atoms with Crippen LogP contribution < -0.4 is 15.4 Å². The molecule has 3 heterocycles. The zero-order chi connectivity index (χ0) is 25.1. The average Bonchev–Trinajstić information content (AvgIpc) is 3.20. The SMILES string of the molecule is C=C1CCC(N2Cc3cc(OC4CN(CC#N)CC[C@@H]4NCc4ccccc4)ccc3C2=O)C(=O)N1. The molecule has 2 N–H and O–H groups in total. The Labute approximate surface area is 211 Å². The second kappa shape index (κ2) is 10.5. The van der Waals surface area contributed by atoms with E-state index in [0.29, 0.717) is 49.5 Å². The van der Waals surface area contributed by atoms with E-state index in [4.69, 9.17) is 4.74 Å². The minimum Gasteiger partial charge on any atom is -0.487 e. The number of allylic oxidation sites excluding steroid dienone is 1. The third-order valence-corrected chi connectivity index (χ3v) is 7.24. The number of ether oxygens (including phenoxy) is 1. The number of carbonyl (C=O) groups excluding carboxylic acids is 2. The van der Waals surface area contributed by atoms with Gasteiger partial charge in [0.15, 0.2) is 0 Å². The first kappa shape index (κ1) is 24.0. The summed E-state index contributed by atoms with van der Waals surface area (Å²) in [6.07, 6.45) is 1.98. The van der Waals surface area contributed by atoms with Crippen molar-refractivity contribution in [3.05, 3.63) is 77.5 Å². The number of carbonyl (C=O) groups is 2. The maximum atomic E-state index is 13.0. The molecule has 2 amide bonds. The molecule has 3 aliphatic heterocycles. The first-order chi connectivity index (χ1) is 17.5. The molecule has 0 aliphatic carbocycles. The van der Waals surface area contributed by atoms with Gasteiger partial charge in [0.05, 0.1) is 12.6 Å². The summed E-state index contributed by atoms with van der Waals surface area (Å²) >= 11 is 0. The Morgan fingerprint density at radius 2 is 2.00 bits per heavy atom. The largest absolute Gasteiger partial charge is 0.487 e. The molecule has 2 unspecified atom stereocenters. The molecule has 8 nitrogen and oxygen atoms in total. The van der Waals surface area contributed by atoms with Crippen LogP contribution in [0.15, 0.2) is 60.8 Å². The van der Waals surface area contributed by atoms with E-state index >= 15 is 0 Å². The van der Waals surface area contributed by atoms with Crippen LogP contribution in [0.5, 0.6) is 5.75 Å². The van der Waals surface area contributed by atoms with Gasteiger partial charge in [0, 0.05) is 43.5 Å². The number of rotatable bonds is 7. The highest BCUT2D eigenvalue weighted by molar-refractivity contribution is 6.01. The molecule has 0 bridgehead atoms. The van der Waals surface area contributed by atoms with Gasteiger partial charge in [0.1, 0.15) is 17.9 Å². The monoisotopic (exact) mass is 485 g/mol. The van der Waals surface area contributed by atoms with Crippen molar-refractivity contribution >= 4 is 11.8 Å². The third-order valence-electron chi connectivity index (χ3n) is 7.24. The zero-order valence-electron chi connectivity index (χ0n) is 20.3. The standard InChI is InChI=1S/C28H31N5O3/c1-19-7-10-25(27(34)31-19)33-17-21-15-22(8-9-23(21)28(33)35)36-26-18-32(14-12-29)13-11-24(26)30-16-20-5-3-2-4-6-20/h2-6,8-9,15,24-26,30H,1,7,10-11,13-14,16-18H2,(H,31,34)/t24-,25?,26?/m0/s1. The fourth-order valence-electron chi connectivity index (χ4n) is 5.30. The van der Waals surface area contributed by atoms with Gasteiger partial charge < -0.3 is 20.3 Å². The van der Waals surface area contributed by atoms with Crippen LogP contribution in [0, 0.1) is 11.3 Å². The lowest BCUT2D eigenvalue weighted by atomic mass is 10.0. The van der Waals surface area contributed by atoms with Gasteiger partial charge in [-0.25, -0.2) is 0 Å². The van der Waals surface area contributed by atoms with Gasteiger partial charge in [0.2, 0.25) is 5.91 Å². The first-order valence-electron chi connectivity index (χ1n) is 12.5. The molecule has 2 fully saturated rings. The Morgan fingerprint density at radius 1 is 1.17 bits per heavy atom. The fraction of sp³-hybridized carbons (Fsp3) is 0.393. The maximum absolute atomic E-state index is 13.0. The van der Waals surface area contributed by atoms with E-state index in [-0.39, 0.29) is 24.0 Å². The van der Waals surface area contributed by atoms with Gasteiger partial charge in [0.25, 0.3) is 5.91 Å². The molecule has 3 atom stereocenters. The topological polar surface area (TPSA) is 97.7 Å². The maximum Gasteiger partial charge on any atom is 0.255 e. The first-order valence-corrected chi connectivity index (χ1v) is 12.5. The van der Waals surface area contributed by atoms with Crippen LogP contribution in [0.1, 0.15) is 40.7 Å². The van der Waals surface area contributed by atoms with Gasteiger partial charge in [-0.2, -0.15) is 5.26 Å². The summed E-state index contributed by atoms with van der Waals surface area (Å²) in [6, 6.07) is 17.7. The molecular formula is C28H31N5O3. The number of fused-ring (bicyclic) bond motifs is 1. The Morgan fingerprint density at radius 3 is 2.78 bits per heavy atom. The summed E-state index contributed by atoms with van der Waals surface area (Å²) < 4.78 is 6.48. The molecule has 36 heavy (non-hydrogen) atoms. The molecule has 8 heteroatoms. The predicted molar refractivity (Wildman–Crippen MR) is 135 cm³/mol. The van der Waals surface area contributed by atoms with E-state index in [1.165, 1.54) is 5.56 Å². The molecule has 0 radical (unpaired) electrons. The predicted octanol–water partition coefficient (Wildman–Crippen LogP) is 2.57. The Balaban J connectivity index is 1.29. The molecule has 3 aliphatic rings. The molecule has 2 saturated heterocycles. The van der Waals surface area contributed by atoms with Crippen LogP contribution in [0.3, 0.4) is 0 Å². The Bertz CT molecular complexity index is 1190. The molecule has 0 spiro atoms. The number of hydrogen-bond donors (Lipinski definition) is 2. The summed E-state index contributed by atoms with van der Waals surface area (Å²) in [4.78, 5) is 29.3. The smallest absolute Gasteiger partial charge is 0.255 e. The summed E-state index contributed by atoms with van der Waals surface area (Å²) in [5.41, 5.74) is 3.40. The third kappa shape index (κ3) is 5.13. The lowest BCUT2D eigenvalue weighted by Gasteiger charge is -2.38. The van der Waals surface area contributed by atoms with Crippen molar-refractivity contribution in [3.8, 4) is 11.8 Å². The number of likely N-dealkylation sites (tertiary alicyclic amines) is 1. The Hall–Kier alpha value is -3.67. The van der Waals surface area contributed by atoms with E-state index in [1.807, 2.05) is 30.3 Å². The fourth-order valence-corrected chi connectivity index (χ4v) is 5.30. The second-order valence-electron chi connectivity index (χ2n) is 9.71. The van der Waals surface area contributed by atoms with E-state index in [1.54, 1.807) is 11.0 Å². The van der Waals surface area contributed by atoms with E-state index in [2.05, 4.69) is 40.3 Å². The summed E-state index contributed by atoms with van der Waals surface area (Å²) in [6.45, 7) is 6.81. The minimum absolute atomic E-state index is 0.121. The molecule has 0 saturated carbocycles. The quantitative estimate of drug-likeness (QED) is 0.585. The number of amides is 2. The van der Waals surface area contributed by atoms with E-state index in [9.17, 15) is 14.9 Å². The number of hydrogen-bond acceptors (Lipinski definition) is 6. The van der Waals surface area contributed by atoms with E-state index < -0.39 is 6.04 Å². The zero-order valence-corrected chi connectivity index (χ0v) is 20.3. The minimum atomic E-state index is -0.482.